The Hall–Kier alpha value is -2.32. The maximum atomic E-state index is 13.3. The zero-order chi connectivity index (χ0) is 17.9. The Morgan fingerprint density at radius 2 is 2.17 bits per heavy atom. The first-order valence-corrected chi connectivity index (χ1v) is 7.51. The standard InChI is InChI=1S/C15H17F3N2O4/c1-2-24-14(21)10-4-3-7-19(9-10)13-6-5-11(20(22)23)8-12(13)15(16,17)18/h5-6,8,10H,2-4,7,9H2,1H3. The van der Waals surface area contributed by atoms with Crippen molar-refractivity contribution in [2.24, 2.45) is 5.92 Å². The molecule has 0 amide bonds. The lowest BCUT2D eigenvalue weighted by molar-refractivity contribution is -0.385. The molecule has 0 aromatic heterocycles. The van der Waals surface area contributed by atoms with Crippen LogP contribution in [0, 0.1) is 16.0 Å². The number of carbonyl (C=O) groups excluding carboxylic acids is 1. The second-order valence-corrected chi connectivity index (χ2v) is 5.49. The summed E-state index contributed by atoms with van der Waals surface area (Å²) in [7, 11) is 0. The molecule has 132 valence electrons. The van der Waals surface area contributed by atoms with Crippen LogP contribution in [0.4, 0.5) is 24.5 Å². The van der Waals surface area contributed by atoms with E-state index in [1.807, 2.05) is 0 Å². The molecule has 1 aliphatic heterocycles. The lowest BCUT2D eigenvalue weighted by Crippen LogP contribution is -2.40. The third-order valence-corrected chi connectivity index (χ3v) is 3.88. The summed E-state index contributed by atoms with van der Waals surface area (Å²) in [6, 6.07) is 2.66. The van der Waals surface area contributed by atoms with E-state index in [2.05, 4.69) is 0 Å². The van der Waals surface area contributed by atoms with Crippen LogP contribution in [0.2, 0.25) is 0 Å². The van der Waals surface area contributed by atoms with Gasteiger partial charge in [0.05, 0.1) is 23.0 Å². The summed E-state index contributed by atoms with van der Waals surface area (Å²) >= 11 is 0. The number of halogens is 3. The van der Waals surface area contributed by atoms with Crippen LogP contribution in [0.3, 0.4) is 0 Å². The van der Waals surface area contributed by atoms with Gasteiger partial charge >= 0.3 is 12.1 Å². The van der Waals surface area contributed by atoms with Crippen molar-refractivity contribution in [3.63, 3.8) is 0 Å². The molecule has 1 aromatic rings. The molecule has 1 aliphatic rings. The van der Waals surface area contributed by atoms with Crippen molar-refractivity contribution < 1.29 is 27.6 Å². The third-order valence-electron chi connectivity index (χ3n) is 3.88. The topological polar surface area (TPSA) is 72.7 Å². The quantitative estimate of drug-likeness (QED) is 0.475. The van der Waals surface area contributed by atoms with Crippen LogP contribution in [0.5, 0.6) is 0 Å². The van der Waals surface area contributed by atoms with Crippen LogP contribution >= 0.6 is 0 Å². The number of nitro groups is 1. The average Bonchev–Trinajstić information content (AvgIpc) is 2.53. The Morgan fingerprint density at radius 3 is 2.75 bits per heavy atom. The first-order valence-electron chi connectivity index (χ1n) is 7.51. The largest absolute Gasteiger partial charge is 0.466 e. The third kappa shape index (κ3) is 3.95. The SMILES string of the molecule is CCOC(=O)C1CCCN(c2ccc([N+](=O)[O-])cc2C(F)(F)F)C1. The zero-order valence-corrected chi connectivity index (χ0v) is 13.0. The van der Waals surface area contributed by atoms with E-state index in [9.17, 15) is 28.1 Å². The lowest BCUT2D eigenvalue weighted by Gasteiger charge is -2.34. The number of alkyl halides is 3. The molecule has 1 aromatic carbocycles. The van der Waals surface area contributed by atoms with Gasteiger partial charge in [0.1, 0.15) is 0 Å². The van der Waals surface area contributed by atoms with Gasteiger partial charge in [-0.1, -0.05) is 0 Å². The molecule has 1 atom stereocenters. The molecule has 0 spiro atoms. The van der Waals surface area contributed by atoms with Crippen LogP contribution in [-0.4, -0.2) is 30.6 Å². The summed E-state index contributed by atoms with van der Waals surface area (Å²) in [6.45, 7) is 2.31. The number of nitrogens with zero attached hydrogens (tertiary/aromatic N) is 2. The number of hydrogen-bond donors (Lipinski definition) is 0. The number of anilines is 1. The molecular weight excluding hydrogens is 329 g/mol. The van der Waals surface area contributed by atoms with Crippen molar-refractivity contribution in [3.8, 4) is 0 Å². The van der Waals surface area contributed by atoms with Gasteiger partial charge in [0.2, 0.25) is 0 Å². The van der Waals surface area contributed by atoms with E-state index in [1.165, 1.54) is 4.90 Å². The second kappa shape index (κ2) is 7.06. The van der Waals surface area contributed by atoms with Gasteiger partial charge < -0.3 is 9.64 Å². The minimum atomic E-state index is -4.72. The molecule has 1 unspecified atom stereocenters. The normalized spacial score (nSPS) is 18.3. The highest BCUT2D eigenvalue weighted by Gasteiger charge is 2.38. The molecular formula is C15H17F3N2O4. The van der Waals surface area contributed by atoms with Gasteiger partial charge in [-0.05, 0) is 25.8 Å². The highest BCUT2D eigenvalue weighted by molar-refractivity contribution is 5.74. The first kappa shape index (κ1) is 18.0. The predicted octanol–water partition coefficient (Wildman–Crippen LogP) is 3.39. The van der Waals surface area contributed by atoms with Gasteiger partial charge in [0, 0.05) is 30.9 Å². The monoisotopic (exact) mass is 346 g/mol. The maximum absolute atomic E-state index is 13.3. The number of benzene rings is 1. The summed E-state index contributed by atoms with van der Waals surface area (Å²) in [4.78, 5) is 23.2. The van der Waals surface area contributed by atoms with E-state index >= 15 is 0 Å². The van der Waals surface area contributed by atoms with Gasteiger partial charge in [-0.15, -0.1) is 0 Å². The molecule has 2 rings (SSSR count). The molecule has 6 nitrogen and oxygen atoms in total. The maximum Gasteiger partial charge on any atom is 0.418 e. The fourth-order valence-corrected chi connectivity index (χ4v) is 2.79. The number of carbonyl (C=O) groups is 1. The zero-order valence-electron chi connectivity index (χ0n) is 13.0. The first-order chi connectivity index (χ1) is 11.2. The van der Waals surface area contributed by atoms with Crippen molar-refractivity contribution in [3.05, 3.63) is 33.9 Å². The summed E-state index contributed by atoms with van der Waals surface area (Å²) in [5.41, 5.74) is -1.84. The summed E-state index contributed by atoms with van der Waals surface area (Å²) in [5.74, 6) is -0.937. The molecule has 0 saturated carbocycles. The molecule has 1 fully saturated rings. The van der Waals surface area contributed by atoms with Crippen LogP contribution < -0.4 is 4.90 Å². The van der Waals surface area contributed by atoms with Gasteiger partial charge in [-0.25, -0.2) is 0 Å². The number of rotatable bonds is 4. The second-order valence-electron chi connectivity index (χ2n) is 5.49. The number of non-ortho nitro benzene ring substituents is 1. The van der Waals surface area contributed by atoms with Crippen LogP contribution in [-0.2, 0) is 15.7 Å². The molecule has 1 heterocycles. The average molecular weight is 346 g/mol. The van der Waals surface area contributed by atoms with Gasteiger partial charge in [0.25, 0.3) is 5.69 Å². The molecule has 1 saturated heterocycles. The summed E-state index contributed by atoms with van der Waals surface area (Å²) < 4.78 is 44.8. The van der Waals surface area contributed by atoms with Gasteiger partial charge in [-0.2, -0.15) is 13.2 Å². The molecule has 0 N–H and O–H groups in total. The number of hydrogen-bond acceptors (Lipinski definition) is 5. The van der Waals surface area contributed by atoms with E-state index in [4.69, 9.17) is 4.74 Å². The summed E-state index contributed by atoms with van der Waals surface area (Å²) in [6.07, 6.45) is -3.64. The van der Waals surface area contributed by atoms with Crippen LogP contribution in [0.1, 0.15) is 25.3 Å². The fourth-order valence-electron chi connectivity index (χ4n) is 2.79. The molecule has 24 heavy (non-hydrogen) atoms. The number of esters is 1. The van der Waals surface area contributed by atoms with Crippen molar-refractivity contribution in [2.75, 3.05) is 24.6 Å². The van der Waals surface area contributed by atoms with E-state index in [1.54, 1.807) is 6.92 Å². The van der Waals surface area contributed by atoms with E-state index in [0.717, 1.165) is 12.1 Å². The molecule has 0 bridgehead atoms. The van der Waals surface area contributed by atoms with Crippen molar-refractivity contribution in [1.82, 2.24) is 0 Å². The predicted molar refractivity (Wildman–Crippen MR) is 79.7 cm³/mol. The lowest BCUT2D eigenvalue weighted by atomic mass is 9.96. The number of ether oxygens (including phenoxy) is 1. The Kier molecular flexibility index (Phi) is 5.30. The smallest absolute Gasteiger partial charge is 0.418 e. The Bertz CT molecular complexity index is 634. The van der Waals surface area contributed by atoms with Crippen LogP contribution in [0.25, 0.3) is 0 Å². The number of nitro benzene ring substituents is 1. The van der Waals surface area contributed by atoms with Crippen molar-refractivity contribution in [2.45, 2.75) is 25.9 Å². The van der Waals surface area contributed by atoms with Crippen molar-refractivity contribution >= 4 is 17.3 Å². The van der Waals surface area contributed by atoms with Crippen molar-refractivity contribution in [1.29, 1.82) is 0 Å². The molecule has 0 aliphatic carbocycles. The van der Waals surface area contributed by atoms with Crippen LogP contribution in [0.15, 0.2) is 18.2 Å². The Balaban J connectivity index is 2.33. The molecule has 0 radical (unpaired) electrons. The number of piperidine rings is 1. The van der Waals surface area contributed by atoms with Gasteiger partial charge in [-0.3, -0.25) is 14.9 Å². The van der Waals surface area contributed by atoms with E-state index < -0.39 is 34.2 Å². The van der Waals surface area contributed by atoms with E-state index in [-0.39, 0.29) is 18.8 Å². The minimum Gasteiger partial charge on any atom is -0.466 e. The highest BCUT2D eigenvalue weighted by Crippen LogP contribution is 2.40. The Labute approximate surface area is 136 Å². The minimum absolute atomic E-state index is 0.0969. The van der Waals surface area contributed by atoms with Gasteiger partial charge in [0.15, 0.2) is 0 Å². The Morgan fingerprint density at radius 1 is 1.46 bits per heavy atom. The molecule has 9 heteroatoms. The highest BCUT2D eigenvalue weighted by atomic mass is 19.4. The summed E-state index contributed by atoms with van der Waals surface area (Å²) in [5, 5.41) is 10.7. The van der Waals surface area contributed by atoms with E-state index in [0.29, 0.717) is 25.5 Å². The fraction of sp³-hybridized carbons (Fsp3) is 0.533.